The fraction of sp³-hybridized carbons (Fsp3) is 0.0769. The number of carboxylic acids is 1. The van der Waals surface area contributed by atoms with Gasteiger partial charge in [0.05, 0.1) is 18.4 Å². The number of hydrogen-bond acceptors (Lipinski definition) is 4. The molecule has 0 atom stereocenters. The summed E-state index contributed by atoms with van der Waals surface area (Å²) in [5, 5.41) is 11.6. The number of hydrogen-bond donors (Lipinski definition) is 2. The van der Waals surface area contributed by atoms with E-state index in [1.165, 1.54) is 25.4 Å². The number of nitrogens with one attached hydrogen (secondary N) is 1. The van der Waals surface area contributed by atoms with E-state index < -0.39 is 11.8 Å². The Labute approximate surface area is 108 Å². The molecule has 0 aliphatic carbocycles. The minimum Gasteiger partial charge on any atom is -0.481 e. The predicted molar refractivity (Wildman–Crippen MR) is 67.4 cm³/mol. The molecule has 1 heterocycles. The van der Waals surface area contributed by atoms with E-state index in [0.29, 0.717) is 11.6 Å². The van der Waals surface area contributed by atoms with Gasteiger partial charge in [-0.15, -0.1) is 0 Å². The second kappa shape index (κ2) is 5.34. The molecule has 2 rings (SSSR count). The van der Waals surface area contributed by atoms with E-state index in [1.807, 2.05) is 0 Å². The van der Waals surface area contributed by atoms with Crippen LogP contribution in [-0.4, -0.2) is 23.2 Å². The Hall–Kier alpha value is -2.63. The highest BCUT2D eigenvalue weighted by Gasteiger charge is 2.08. The van der Waals surface area contributed by atoms with E-state index in [9.17, 15) is 9.18 Å². The van der Waals surface area contributed by atoms with Crippen molar-refractivity contribution in [3.63, 3.8) is 0 Å². The maximum atomic E-state index is 13.7. The number of nitrogens with zero attached hydrogens (tertiary/aromatic N) is 1. The van der Waals surface area contributed by atoms with Crippen molar-refractivity contribution < 1.29 is 19.0 Å². The average Bonchev–Trinajstić information content (AvgIpc) is 2.41. The molecule has 0 amide bonds. The minimum atomic E-state index is -1.17. The highest BCUT2D eigenvalue weighted by molar-refractivity contribution is 5.88. The highest BCUT2D eigenvalue weighted by Crippen LogP contribution is 2.22. The molecule has 1 aromatic carbocycles. The van der Waals surface area contributed by atoms with Crippen molar-refractivity contribution in [3.05, 3.63) is 47.9 Å². The molecule has 0 bridgehead atoms. The van der Waals surface area contributed by atoms with Crippen LogP contribution in [0.25, 0.3) is 0 Å². The van der Waals surface area contributed by atoms with E-state index >= 15 is 0 Å². The number of anilines is 2. The Balaban J connectivity index is 2.25. The molecule has 2 aromatic rings. The van der Waals surface area contributed by atoms with Crippen LogP contribution >= 0.6 is 0 Å². The monoisotopic (exact) mass is 262 g/mol. The highest BCUT2D eigenvalue weighted by atomic mass is 19.1. The first-order chi connectivity index (χ1) is 9.10. The van der Waals surface area contributed by atoms with Crippen LogP contribution in [0, 0.1) is 5.82 Å². The summed E-state index contributed by atoms with van der Waals surface area (Å²) in [5.41, 5.74) is 0.669. The summed E-state index contributed by atoms with van der Waals surface area (Å²) in [5.74, 6) is -1.42. The number of pyridine rings is 1. The lowest BCUT2D eigenvalue weighted by Gasteiger charge is -2.08. The number of methoxy groups -OCH3 is 1. The van der Waals surface area contributed by atoms with Crippen LogP contribution in [0.4, 0.5) is 15.8 Å². The van der Waals surface area contributed by atoms with Crippen molar-refractivity contribution in [2.45, 2.75) is 0 Å². The molecule has 98 valence electrons. The lowest BCUT2D eigenvalue weighted by molar-refractivity contribution is 0.0696. The molecule has 0 saturated heterocycles. The molecular formula is C13H11FN2O3. The van der Waals surface area contributed by atoms with Crippen molar-refractivity contribution in [1.29, 1.82) is 0 Å². The second-order valence-corrected chi connectivity index (χ2v) is 3.71. The van der Waals surface area contributed by atoms with E-state index in [4.69, 9.17) is 9.84 Å². The van der Waals surface area contributed by atoms with Gasteiger partial charge in [-0.25, -0.2) is 14.2 Å². The van der Waals surface area contributed by atoms with Gasteiger partial charge in [-0.2, -0.15) is 0 Å². The Morgan fingerprint density at radius 3 is 2.79 bits per heavy atom. The number of ether oxygens (including phenoxy) is 1. The molecule has 0 radical (unpaired) electrons. The SMILES string of the molecule is COc1cc(Nc2ccc(C(=O)O)cc2F)ccn1. The fourth-order valence-electron chi connectivity index (χ4n) is 1.50. The van der Waals surface area contributed by atoms with Gasteiger partial charge in [-0.05, 0) is 24.3 Å². The van der Waals surface area contributed by atoms with Crippen molar-refractivity contribution in [1.82, 2.24) is 4.98 Å². The number of benzene rings is 1. The van der Waals surface area contributed by atoms with Crippen LogP contribution in [0.3, 0.4) is 0 Å². The van der Waals surface area contributed by atoms with Gasteiger partial charge in [0.25, 0.3) is 0 Å². The third kappa shape index (κ3) is 2.98. The maximum Gasteiger partial charge on any atom is 0.335 e. The standard InChI is InChI=1S/C13H11FN2O3/c1-19-12-7-9(4-5-15-12)16-11-3-2-8(13(17)18)6-10(11)14/h2-7H,1H3,(H,15,16)(H,17,18). The van der Waals surface area contributed by atoms with E-state index in [-0.39, 0.29) is 11.3 Å². The normalized spacial score (nSPS) is 10.0. The van der Waals surface area contributed by atoms with Crippen LogP contribution in [0.1, 0.15) is 10.4 Å². The first kappa shape index (κ1) is 12.8. The third-order valence-corrected chi connectivity index (χ3v) is 2.44. The number of aromatic carboxylic acids is 1. The quantitative estimate of drug-likeness (QED) is 0.886. The zero-order valence-corrected chi connectivity index (χ0v) is 10.1. The van der Waals surface area contributed by atoms with Crippen LogP contribution in [0.15, 0.2) is 36.5 Å². The molecule has 19 heavy (non-hydrogen) atoms. The molecule has 0 fully saturated rings. The largest absolute Gasteiger partial charge is 0.481 e. The molecule has 0 aliphatic heterocycles. The molecule has 6 heteroatoms. The summed E-state index contributed by atoms with van der Waals surface area (Å²) < 4.78 is 18.7. The Morgan fingerprint density at radius 1 is 1.37 bits per heavy atom. The fourth-order valence-corrected chi connectivity index (χ4v) is 1.50. The zero-order valence-electron chi connectivity index (χ0n) is 10.1. The maximum absolute atomic E-state index is 13.7. The smallest absolute Gasteiger partial charge is 0.335 e. The summed E-state index contributed by atoms with van der Waals surface area (Å²) in [7, 11) is 1.48. The van der Waals surface area contributed by atoms with E-state index in [1.54, 1.807) is 12.1 Å². The van der Waals surface area contributed by atoms with E-state index in [0.717, 1.165) is 6.07 Å². The number of rotatable bonds is 4. The number of halogens is 1. The second-order valence-electron chi connectivity index (χ2n) is 3.71. The zero-order chi connectivity index (χ0) is 13.8. The first-order valence-electron chi connectivity index (χ1n) is 5.40. The Bertz CT molecular complexity index is 617. The Morgan fingerprint density at radius 2 is 2.16 bits per heavy atom. The van der Waals surface area contributed by atoms with Gasteiger partial charge in [-0.1, -0.05) is 0 Å². The topological polar surface area (TPSA) is 71.5 Å². The van der Waals surface area contributed by atoms with Crippen LogP contribution in [-0.2, 0) is 0 Å². The lowest BCUT2D eigenvalue weighted by atomic mass is 10.2. The molecule has 0 unspecified atom stereocenters. The summed E-state index contributed by atoms with van der Waals surface area (Å²) in [6, 6.07) is 6.90. The van der Waals surface area contributed by atoms with Crippen LogP contribution in [0.2, 0.25) is 0 Å². The van der Waals surface area contributed by atoms with Gasteiger partial charge < -0.3 is 15.2 Å². The average molecular weight is 262 g/mol. The summed E-state index contributed by atoms with van der Waals surface area (Å²) in [6.07, 6.45) is 1.52. The molecule has 0 aliphatic rings. The van der Waals surface area contributed by atoms with Crippen molar-refractivity contribution in [2.24, 2.45) is 0 Å². The van der Waals surface area contributed by atoms with Gasteiger partial charge in [0.1, 0.15) is 5.82 Å². The minimum absolute atomic E-state index is 0.102. The van der Waals surface area contributed by atoms with Gasteiger partial charge in [-0.3, -0.25) is 0 Å². The van der Waals surface area contributed by atoms with Gasteiger partial charge >= 0.3 is 5.97 Å². The van der Waals surface area contributed by atoms with Crippen molar-refractivity contribution in [3.8, 4) is 5.88 Å². The molecular weight excluding hydrogens is 251 g/mol. The van der Waals surface area contributed by atoms with Crippen LogP contribution < -0.4 is 10.1 Å². The van der Waals surface area contributed by atoms with Crippen LogP contribution in [0.5, 0.6) is 5.88 Å². The molecule has 2 N–H and O–H groups in total. The van der Waals surface area contributed by atoms with Crippen molar-refractivity contribution >= 4 is 17.3 Å². The Kier molecular flexibility index (Phi) is 3.61. The predicted octanol–water partition coefficient (Wildman–Crippen LogP) is 2.67. The molecule has 1 aromatic heterocycles. The number of aromatic nitrogens is 1. The summed E-state index contributed by atoms with van der Waals surface area (Å²) in [4.78, 5) is 14.6. The van der Waals surface area contributed by atoms with E-state index in [2.05, 4.69) is 10.3 Å². The molecule has 5 nitrogen and oxygen atoms in total. The van der Waals surface area contributed by atoms with Gasteiger partial charge in [0.2, 0.25) is 5.88 Å². The summed E-state index contributed by atoms with van der Waals surface area (Å²) in [6.45, 7) is 0. The first-order valence-corrected chi connectivity index (χ1v) is 5.40. The number of carboxylic acid groups (broad SMARTS) is 1. The molecule has 0 saturated carbocycles. The van der Waals surface area contributed by atoms with Gasteiger partial charge in [0, 0.05) is 18.0 Å². The molecule has 0 spiro atoms. The lowest BCUT2D eigenvalue weighted by Crippen LogP contribution is -2.00. The third-order valence-electron chi connectivity index (χ3n) is 2.44. The van der Waals surface area contributed by atoms with Gasteiger partial charge in [0.15, 0.2) is 0 Å². The number of carbonyl (C=O) groups is 1. The summed E-state index contributed by atoms with van der Waals surface area (Å²) >= 11 is 0. The van der Waals surface area contributed by atoms with Crippen molar-refractivity contribution in [2.75, 3.05) is 12.4 Å².